The third kappa shape index (κ3) is 4.43. The molecule has 0 bridgehead atoms. The molecule has 1 aliphatic rings. The van der Waals surface area contributed by atoms with Gasteiger partial charge in [0.25, 0.3) is 0 Å². The van der Waals surface area contributed by atoms with Gasteiger partial charge in [-0.3, -0.25) is 9.59 Å². The van der Waals surface area contributed by atoms with Gasteiger partial charge in [-0.15, -0.1) is 11.8 Å². The van der Waals surface area contributed by atoms with Gasteiger partial charge in [-0.1, -0.05) is 0 Å². The number of piperidine rings is 1. The molecule has 0 aromatic heterocycles. The normalized spacial score (nSPS) is 18.3. The van der Waals surface area contributed by atoms with E-state index in [2.05, 4.69) is 0 Å². The number of hydrogen-bond acceptors (Lipinski definition) is 3. The molecule has 0 unspecified atom stereocenters. The van der Waals surface area contributed by atoms with E-state index in [9.17, 15) is 18.4 Å². The molecule has 2 amide bonds. The summed E-state index contributed by atoms with van der Waals surface area (Å²) in [6, 6.07) is 3.40. The van der Waals surface area contributed by atoms with Gasteiger partial charge in [0, 0.05) is 23.9 Å². The molecule has 1 saturated heterocycles. The van der Waals surface area contributed by atoms with Crippen molar-refractivity contribution in [2.24, 2.45) is 5.73 Å². The maximum Gasteiger partial charge on any atom is 0.233 e. The minimum atomic E-state index is -0.929. The molecule has 2 N–H and O–H groups in total. The summed E-state index contributed by atoms with van der Waals surface area (Å²) >= 11 is 1.15. The molecule has 0 radical (unpaired) electrons. The van der Waals surface area contributed by atoms with Crippen LogP contribution >= 0.6 is 11.8 Å². The quantitative estimate of drug-likeness (QED) is 0.844. The molecule has 1 atom stereocenters. The Bertz CT molecular complexity index is 568. The Hall–Kier alpha value is -1.63. The number of hydrogen-bond donors (Lipinski definition) is 1. The van der Waals surface area contributed by atoms with E-state index in [1.165, 1.54) is 6.07 Å². The van der Waals surface area contributed by atoms with Crippen LogP contribution in [0.3, 0.4) is 0 Å². The third-order valence-electron chi connectivity index (χ3n) is 3.64. The lowest BCUT2D eigenvalue weighted by Crippen LogP contribution is -2.46. The molecule has 22 heavy (non-hydrogen) atoms. The minimum absolute atomic E-state index is 0.110. The molecular formula is C15H18F2N2O2S. The highest BCUT2D eigenvalue weighted by Crippen LogP contribution is 2.24. The average molecular weight is 328 g/mol. The van der Waals surface area contributed by atoms with Gasteiger partial charge in [-0.05, 0) is 37.5 Å². The molecule has 0 aliphatic carbocycles. The minimum Gasteiger partial charge on any atom is -0.370 e. The maximum atomic E-state index is 13.1. The molecule has 1 heterocycles. The average Bonchev–Trinajstić information content (AvgIpc) is 2.48. The first kappa shape index (κ1) is 16.7. The molecule has 2 rings (SSSR count). The van der Waals surface area contributed by atoms with E-state index >= 15 is 0 Å². The Morgan fingerprint density at radius 2 is 2.05 bits per heavy atom. The largest absolute Gasteiger partial charge is 0.370 e. The summed E-state index contributed by atoms with van der Waals surface area (Å²) in [5.74, 6) is -2.24. The Morgan fingerprint density at radius 3 is 2.73 bits per heavy atom. The highest BCUT2D eigenvalue weighted by atomic mass is 32.2. The Balaban J connectivity index is 1.94. The number of carbonyl (C=O) groups excluding carboxylic acids is 2. The second-order valence-electron chi connectivity index (χ2n) is 5.27. The Morgan fingerprint density at radius 1 is 1.27 bits per heavy atom. The van der Waals surface area contributed by atoms with Crippen molar-refractivity contribution in [1.82, 2.24) is 4.90 Å². The van der Waals surface area contributed by atoms with Gasteiger partial charge in [0.05, 0.1) is 5.75 Å². The molecule has 0 saturated carbocycles. The van der Waals surface area contributed by atoms with Crippen molar-refractivity contribution < 1.29 is 18.4 Å². The zero-order chi connectivity index (χ0) is 16.1. The summed E-state index contributed by atoms with van der Waals surface area (Å²) in [4.78, 5) is 25.6. The lowest BCUT2D eigenvalue weighted by molar-refractivity contribution is -0.133. The molecule has 1 aromatic rings. The predicted octanol–water partition coefficient (Wildman–Crippen LogP) is 2.31. The molecule has 1 aromatic carbocycles. The molecule has 1 aliphatic heterocycles. The number of carbonyl (C=O) groups is 2. The van der Waals surface area contributed by atoms with Gasteiger partial charge in [0.2, 0.25) is 11.8 Å². The first-order chi connectivity index (χ1) is 10.5. The van der Waals surface area contributed by atoms with Crippen molar-refractivity contribution in [3.8, 4) is 0 Å². The first-order valence-electron chi connectivity index (χ1n) is 7.13. The van der Waals surface area contributed by atoms with E-state index in [0.717, 1.165) is 43.2 Å². The van der Waals surface area contributed by atoms with Crippen molar-refractivity contribution in [3.63, 3.8) is 0 Å². The van der Waals surface area contributed by atoms with Crippen LogP contribution in [0.2, 0.25) is 0 Å². The predicted molar refractivity (Wildman–Crippen MR) is 80.2 cm³/mol. The fourth-order valence-corrected chi connectivity index (χ4v) is 3.37. The number of nitrogens with zero attached hydrogens (tertiary/aromatic N) is 1. The number of amides is 2. The molecular weight excluding hydrogens is 310 g/mol. The Labute approximate surface area is 132 Å². The van der Waals surface area contributed by atoms with Crippen LogP contribution in [0.15, 0.2) is 23.1 Å². The third-order valence-corrected chi connectivity index (χ3v) is 4.62. The van der Waals surface area contributed by atoms with Crippen LogP contribution in [0, 0.1) is 11.6 Å². The summed E-state index contributed by atoms with van der Waals surface area (Å²) in [5, 5.41) is 0. The summed E-state index contributed by atoms with van der Waals surface area (Å²) in [7, 11) is 0. The van der Waals surface area contributed by atoms with E-state index in [0.29, 0.717) is 11.4 Å². The molecule has 7 heteroatoms. The zero-order valence-corrected chi connectivity index (χ0v) is 12.9. The number of nitrogens with two attached hydrogens (primary N) is 1. The van der Waals surface area contributed by atoms with Crippen molar-refractivity contribution in [3.05, 3.63) is 29.8 Å². The number of halogens is 2. The molecule has 1 fully saturated rings. The van der Waals surface area contributed by atoms with Crippen molar-refractivity contribution in [1.29, 1.82) is 0 Å². The van der Waals surface area contributed by atoms with Crippen molar-refractivity contribution in [2.75, 3.05) is 12.3 Å². The monoisotopic (exact) mass is 328 g/mol. The van der Waals surface area contributed by atoms with E-state index < -0.39 is 17.5 Å². The molecule has 120 valence electrons. The number of thioether (sulfide) groups is 1. The zero-order valence-electron chi connectivity index (χ0n) is 12.1. The SMILES string of the molecule is NC(=O)C[C@H]1CCCCN1C(=O)CSc1ccc(F)c(F)c1. The number of primary amides is 1. The first-order valence-corrected chi connectivity index (χ1v) is 8.11. The van der Waals surface area contributed by atoms with Gasteiger partial charge in [0.1, 0.15) is 0 Å². The van der Waals surface area contributed by atoms with Gasteiger partial charge in [-0.25, -0.2) is 8.78 Å². The van der Waals surface area contributed by atoms with E-state index in [1.807, 2.05) is 0 Å². The van der Waals surface area contributed by atoms with Crippen LogP contribution < -0.4 is 5.73 Å². The molecule has 0 spiro atoms. The Kier molecular flexibility index (Phi) is 5.76. The second-order valence-corrected chi connectivity index (χ2v) is 6.32. The summed E-state index contributed by atoms with van der Waals surface area (Å²) in [5.41, 5.74) is 5.22. The van der Waals surface area contributed by atoms with E-state index in [1.54, 1.807) is 4.90 Å². The van der Waals surface area contributed by atoms with Gasteiger partial charge >= 0.3 is 0 Å². The van der Waals surface area contributed by atoms with Crippen LogP contribution in [0.25, 0.3) is 0 Å². The maximum absolute atomic E-state index is 13.1. The topological polar surface area (TPSA) is 63.4 Å². The molecule has 4 nitrogen and oxygen atoms in total. The highest BCUT2D eigenvalue weighted by molar-refractivity contribution is 8.00. The number of rotatable bonds is 5. The fraction of sp³-hybridized carbons (Fsp3) is 0.467. The van der Waals surface area contributed by atoms with Gasteiger partial charge < -0.3 is 10.6 Å². The second kappa shape index (κ2) is 7.58. The van der Waals surface area contributed by atoms with Crippen molar-refractivity contribution >= 4 is 23.6 Å². The standard InChI is InChI=1S/C15H18F2N2O2S/c16-12-5-4-11(8-13(12)17)22-9-15(21)19-6-2-1-3-10(19)7-14(18)20/h4-5,8,10H,1-3,6-7,9H2,(H2,18,20)/t10-/m1/s1. The van der Waals surface area contributed by atoms with Crippen LogP contribution in [0.5, 0.6) is 0 Å². The highest BCUT2D eigenvalue weighted by Gasteiger charge is 2.27. The van der Waals surface area contributed by atoms with Crippen LogP contribution in [-0.4, -0.2) is 35.1 Å². The van der Waals surface area contributed by atoms with Gasteiger partial charge in [-0.2, -0.15) is 0 Å². The van der Waals surface area contributed by atoms with E-state index in [4.69, 9.17) is 5.73 Å². The summed E-state index contributed by atoms with van der Waals surface area (Å²) < 4.78 is 26.0. The van der Waals surface area contributed by atoms with E-state index in [-0.39, 0.29) is 24.1 Å². The summed E-state index contributed by atoms with van der Waals surface area (Å²) in [6.07, 6.45) is 2.81. The van der Waals surface area contributed by atoms with Crippen LogP contribution in [0.1, 0.15) is 25.7 Å². The van der Waals surface area contributed by atoms with Crippen LogP contribution in [-0.2, 0) is 9.59 Å². The smallest absolute Gasteiger partial charge is 0.233 e. The summed E-state index contributed by atoms with van der Waals surface area (Å²) in [6.45, 7) is 0.606. The fourth-order valence-electron chi connectivity index (χ4n) is 2.57. The van der Waals surface area contributed by atoms with Crippen molar-refractivity contribution in [2.45, 2.75) is 36.6 Å². The lowest BCUT2D eigenvalue weighted by Gasteiger charge is -2.35. The number of benzene rings is 1. The van der Waals surface area contributed by atoms with Crippen LogP contribution in [0.4, 0.5) is 8.78 Å². The number of likely N-dealkylation sites (tertiary alicyclic amines) is 1. The lowest BCUT2D eigenvalue weighted by atomic mass is 9.99. The van der Waals surface area contributed by atoms with Gasteiger partial charge in [0.15, 0.2) is 11.6 Å².